The van der Waals surface area contributed by atoms with E-state index in [4.69, 9.17) is 33.2 Å². The van der Waals surface area contributed by atoms with E-state index in [-0.39, 0.29) is 25.0 Å². The Balaban J connectivity index is 1.85. The molecule has 0 unspecified atom stereocenters. The molecule has 0 aliphatic carbocycles. The zero-order chi connectivity index (χ0) is 40.7. The molecule has 2 bridgehead atoms. The van der Waals surface area contributed by atoms with Gasteiger partial charge in [0.2, 0.25) is 0 Å². The molecular weight excluding hydrogens is 698 g/mol. The molecule has 4 aliphatic heterocycles. The van der Waals surface area contributed by atoms with Crippen molar-refractivity contribution in [3.63, 3.8) is 0 Å². The van der Waals surface area contributed by atoms with Crippen molar-refractivity contribution in [1.82, 2.24) is 0 Å². The predicted octanol–water partition coefficient (Wildman–Crippen LogP) is 3.43. The largest absolute Gasteiger partial charge is 0.489 e. The number of esters is 1. The summed E-state index contributed by atoms with van der Waals surface area (Å²) in [5, 5.41) is 46.5. The summed E-state index contributed by atoms with van der Waals surface area (Å²) in [4.78, 5) is 14.2. The van der Waals surface area contributed by atoms with Crippen molar-refractivity contribution in [2.24, 2.45) is 17.8 Å². The third-order valence-electron chi connectivity index (χ3n) is 12.8. The number of aliphatic hydroxyl groups is 4. The van der Waals surface area contributed by atoms with Gasteiger partial charge in [0.1, 0.15) is 47.9 Å². The van der Waals surface area contributed by atoms with Crippen LogP contribution in [-0.2, 0) is 38.0 Å². The van der Waals surface area contributed by atoms with Crippen molar-refractivity contribution in [1.29, 1.82) is 0 Å². The second kappa shape index (κ2) is 16.9. The number of rotatable bonds is 8. The highest BCUT2D eigenvalue weighted by molar-refractivity contribution is 5.73. The number of methoxy groups -OCH3 is 1. The number of likely N-dealkylation sites (N-methyl/N-ethyl adjacent to an activating group) is 1. The SMILES string of the molecule is CC#CC[N+](C)(C)[C@H]1C[C@@H](C)O[C@@H](O[C@@H]2[C@@H](C)[C@H](O[C@H]3C[C@@](C)(OC)[C@@H](O)[C@H](C)O3)[C@@H](C)C(=O)O[C@H](CC)[C@@](C)(O)[C@H](O)[C@@H](C)C3=C(C)C[C@@]2(C)O3)[C@@H]1O. The van der Waals surface area contributed by atoms with Gasteiger partial charge in [-0.3, -0.25) is 4.79 Å². The van der Waals surface area contributed by atoms with Crippen molar-refractivity contribution in [2.75, 3.05) is 27.7 Å². The van der Waals surface area contributed by atoms with Gasteiger partial charge in [-0.1, -0.05) is 20.8 Å². The number of carbonyl (C=O) groups excluding carboxylic acids is 1. The maximum atomic E-state index is 14.2. The van der Waals surface area contributed by atoms with Crippen LogP contribution in [0.25, 0.3) is 0 Å². The monoisotopic (exact) mass is 768 g/mol. The number of cyclic esters (lactones) is 1. The quantitative estimate of drug-likeness (QED) is 0.162. The second-order valence-corrected chi connectivity index (χ2v) is 17.7. The molecule has 4 aliphatic rings. The Morgan fingerprint density at radius 3 is 2.22 bits per heavy atom. The first-order chi connectivity index (χ1) is 25.0. The first kappa shape index (κ1) is 44.9. The van der Waals surface area contributed by atoms with Crippen LogP contribution >= 0.6 is 0 Å². The van der Waals surface area contributed by atoms with Crippen LogP contribution in [0.2, 0.25) is 0 Å². The van der Waals surface area contributed by atoms with Crippen molar-refractivity contribution in [2.45, 2.75) is 186 Å². The van der Waals surface area contributed by atoms with E-state index in [9.17, 15) is 25.2 Å². The van der Waals surface area contributed by atoms with Crippen molar-refractivity contribution >= 4 is 5.97 Å². The van der Waals surface area contributed by atoms with Crippen molar-refractivity contribution in [3.05, 3.63) is 11.3 Å². The van der Waals surface area contributed by atoms with Gasteiger partial charge in [0.05, 0.1) is 50.0 Å². The number of hydrogen-bond donors (Lipinski definition) is 4. The molecule has 310 valence electrons. The van der Waals surface area contributed by atoms with E-state index in [0.29, 0.717) is 29.6 Å². The molecule has 3 fully saturated rings. The number of aliphatic hydroxyl groups excluding tert-OH is 3. The Morgan fingerprint density at radius 2 is 1.63 bits per heavy atom. The summed E-state index contributed by atoms with van der Waals surface area (Å²) in [5.74, 6) is 3.74. The predicted molar refractivity (Wildman–Crippen MR) is 200 cm³/mol. The van der Waals surface area contributed by atoms with Crippen LogP contribution in [0, 0.1) is 29.6 Å². The molecule has 0 saturated carbocycles. The molecule has 4 rings (SSSR count). The fraction of sp³-hybridized carbons (Fsp3) is 0.878. The van der Waals surface area contributed by atoms with Gasteiger partial charge >= 0.3 is 5.97 Å². The molecular formula is C41H70NO12+. The van der Waals surface area contributed by atoms with E-state index in [1.807, 2.05) is 41.8 Å². The number of carbonyl (C=O) groups is 1. The zero-order valence-corrected chi connectivity index (χ0v) is 35.1. The molecule has 0 radical (unpaired) electrons. The summed E-state index contributed by atoms with van der Waals surface area (Å²) in [6.07, 6.45) is -7.68. The van der Waals surface area contributed by atoms with Crippen LogP contribution < -0.4 is 0 Å². The Bertz CT molecular complexity index is 1410. The van der Waals surface area contributed by atoms with Gasteiger partial charge in [0.25, 0.3) is 0 Å². The maximum absolute atomic E-state index is 14.2. The van der Waals surface area contributed by atoms with Gasteiger partial charge in [-0.15, -0.1) is 5.92 Å². The minimum absolute atomic E-state index is 0.164. The van der Waals surface area contributed by atoms with Crippen LogP contribution in [-0.4, -0.2) is 143 Å². The standard InChI is InChI=1S/C41H70NO12/c1-15-17-18-42(12,13)28-19-23(4)49-38(31(28)43)53-36-25(6)33(52-30-21-39(9,48-14)35(45)27(8)50-30)26(7)37(46)51-29(16-2)41(11,47)34(44)24(5)32-22(3)20-40(36,10)54-32/h23-31,33-36,38,43-45,47H,16,18-21H2,1-14H3/q+1/t23-,24+,25+,26-,27+,28+,29-,30+,31-,33+,34-,35+,36-,38+,39-,40-,41-/m1/s1. The highest BCUT2D eigenvalue weighted by atomic mass is 16.7. The van der Waals surface area contributed by atoms with Crippen LogP contribution in [0.4, 0.5) is 0 Å². The Labute approximate surface area is 323 Å². The summed E-state index contributed by atoms with van der Waals surface area (Å²) in [7, 11) is 5.60. The van der Waals surface area contributed by atoms with Crippen molar-refractivity contribution < 1.29 is 62.9 Å². The van der Waals surface area contributed by atoms with Gasteiger partial charge < -0.3 is 58.1 Å². The third kappa shape index (κ3) is 8.84. The average Bonchev–Trinajstić information content (AvgIpc) is 3.43. The number of ether oxygens (including phenoxy) is 7. The number of hydrogen-bond acceptors (Lipinski definition) is 12. The zero-order valence-electron chi connectivity index (χ0n) is 35.1. The lowest BCUT2D eigenvalue weighted by molar-refractivity contribution is -0.915. The number of nitrogens with zero attached hydrogens (tertiary/aromatic N) is 1. The summed E-state index contributed by atoms with van der Waals surface area (Å²) in [6, 6.07) is -0.267. The Hall–Kier alpha value is -1.83. The number of fused-ring (bicyclic) bond motifs is 2. The molecule has 0 aromatic rings. The highest BCUT2D eigenvalue weighted by Crippen LogP contribution is 2.47. The van der Waals surface area contributed by atoms with E-state index in [0.717, 1.165) is 5.57 Å². The van der Waals surface area contributed by atoms with Crippen LogP contribution in [0.3, 0.4) is 0 Å². The van der Waals surface area contributed by atoms with Crippen LogP contribution in [0.15, 0.2) is 11.3 Å². The van der Waals surface area contributed by atoms with Gasteiger partial charge in [-0.2, -0.15) is 0 Å². The molecule has 0 spiro atoms. The lowest BCUT2D eigenvalue weighted by Gasteiger charge is -2.49. The lowest BCUT2D eigenvalue weighted by atomic mass is 9.78. The third-order valence-corrected chi connectivity index (χ3v) is 12.8. The fourth-order valence-electron chi connectivity index (χ4n) is 9.31. The Morgan fingerprint density at radius 1 is 0.981 bits per heavy atom. The molecule has 0 aromatic heterocycles. The first-order valence-corrected chi connectivity index (χ1v) is 19.7. The van der Waals surface area contributed by atoms with Crippen molar-refractivity contribution in [3.8, 4) is 11.8 Å². The molecule has 17 atom stereocenters. The van der Waals surface area contributed by atoms with E-state index >= 15 is 0 Å². The van der Waals surface area contributed by atoms with Crippen LogP contribution in [0.1, 0.15) is 102 Å². The minimum atomic E-state index is -1.83. The summed E-state index contributed by atoms with van der Waals surface area (Å²) < 4.78 is 45.5. The van der Waals surface area contributed by atoms with Gasteiger partial charge in [0.15, 0.2) is 18.7 Å². The maximum Gasteiger partial charge on any atom is 0.311 e. The smallest absolute Gasteiger partial charge is 0.311 e. The molecule has 0 amide bonds. The molecule has 4 heterocycles. The van der Waals surface area contributed by atoms with Crippen LogP contribution in [0.5, 0.6) is 0 Å². The summed E-state index contributed by atoms with van der Waals surface area (Å²) >= 11 is 0. The molecule has 13 heteroatoms. The average molecular weight is 769 g/mol. The number of quaternary nitrogens is 1. The normalized spacial score (nSPS) is 46.7. The van der Waals surface area contributed by atoms with E-state index in [1.54, 1.807) is 41.5 Å². The Kier molecular flexibility index (Phi) is 14.1. The summed E-state index contributed by atoms with van der Waals surface area (Å²) in [6.45, 7) is 20.3. The molecule has 54 heavy (non-hydrogen) atoms. The molecule has 3 saturated heterocycles. The molecule has 4 N–H and O–H groups in total. The molecule has 13 nitrogen and oxygen atoms in total. The molecule has 0 aromatic carbocycles. The van der Waals surface area contributed by atoms with E-state index in [1.165, 1.54) is 14.0 Å². The van der Waals surface area contributed by atoms with E-state index in [2.05, 4.69) is 11.8 Å². The van der Waals surface area contributed by atoms with Gasteiger partial charge in [-0.05, 0) is 73.3 Å². The lowest BCUT2D eigenvalue weighted by Crippen LogP contribution is -2.64. The topological polar surface area (TPSA) is 163 Å². The summed E-state index contributed by atoms with van der Waals surface area (Å²) in [5.41, 5.74) is -3.06. The minimum Gasteiger partial charge on any atom is -0.489 e. The van der Waals surface area contributed by atoms with Gasteiger partial charge in [0, 0.05) is 38.2 Å². The van der Waals surface area contributed by atoms with Gasteiger partial charge in [-0.25, -0.2) is 0 Å². The fourth-order valence-corrected chi connectivity index (χ4v) is 9.31. The highest BCUT2D eigenvalue weighted by Gasteiger charge is 2.57. The second-order valence-electron chi connectivity index (χ2n) is 17.7. The first-order valence-electron chi connectivity index (χ1n) is 19.7. The van der Waals surface area contributed by atoms with E-state index < -0.39 is 95.8 Å².